The van der Waals surface area contributed by atoms with E-state index < -0.39 is 0 Å². The summed E-state index contributed by atoms with van der Waals surface area (Å²) in [6.07, 6.45) is 10.8. The Hall–Kier alpha value is -2.84. The van der Waals surface area contributed by atoms with Gasteiger partial charge in [-0.25, -0.2) is 0 Å². The number of rotatable bonds is 3. The molecule has 0 aliphatic heterocycles. The van der Waals surface area contributed by atoms with Gasteiger partial charge in [-0.05, 0) is 23.8 Å². The van der Waals surface area contributed by atoms with E-state index >= 15 is 0 Å². The van der Waals surface area contributed by atoms with Gasteiger partial charge in [0.05, 0.1) is 19.8 Å². The predicted octanol–water partition coefficient (Wildman–Crippen LogP) is 3.33. The molecule has 0 radical (unpaired) electrons. The van der Waals surface area contributed by atoms with Crippen molar-refractivity contribution < 1.29 is 9.47 Å². The van der Waals surface area contributed by atoms with Crippen LogP contribution < -0.4 is 9.47 Å². The molecule has 0 bridgehead atoms. The fourth-order valence-electron chi connectivity index (χ4n) is 1.98. The topological polar surface area (TPSA) is 18.5 Å². The van der Waals surface area contributed by atoms with Gasteiger partial charge in [-0.1, -0.05) is 24.0 Å². The zero-order valence-electron chi connectivity index (χ0n) is 11.4. The SMILES string of the molecule is C#Cc1ccc(-c2cc(OC)c(C#C)cc2OC)cc1. The van der Waals surface area contributed by atoms with E-state index in [1.54, 1.807) is 20.3 Å². The average Bonchev–Trinajstić information content (AvgIpc) is 2.53. The molecule has 20 heavy (non-hydrogen) atoms. The summed E-state index contributed by atoms with van der Waals surface area (Å²) in [5, 5.41) is 0. The Labute approximate surface area is 119 Å². The van der Waals surface area contributed by atoms with Crippen molar-refractivity contribution in [1.82, 2.24) is 0 Å². The third-order valence-electron chi connectivity index (χ3n) is 3.04. The largest absolute Gasteiger partial charge is 0.496 e. The van der Waals surface area contributed by atoms with Crippen LogP contribution in [0.2, 0.25) is 0 Å². The second-order valence-corrected chi connectivity index (χ2v) is 4.12. The number of hydrogen-bond acceptors (Lipinski definition) is 2. The van der Waals surface area contributed by atoms with Gasteiger partial charge in [0.15, 0.2) is 0 Å². The molecular weight excluding hydrogens is 248 g/mol. The lowest BCUT2D eigenvalue weighted by Crippen LogP contribution is -1.94. The molecule has 0 heterocycles. The maximum Gasteiger partial charge on any atom is 0.135 e. The van der Waals surface area contributed by atoms with Gasteiger partial charge in [0, 0.05) is 17.2 Å². The first-order valence-corrected chi connectivity index (χ1v) is 6.03. The van der Waals surface area contributed by atoms with Crippen LogP contribution in [0, 0.1) is 24.7 Å². The number of methoxy groups -OCH3 is 2. The highest BCUT2D eigenvalue weighted by atomic mass is 16.5. The van der Waals surface area contributed by atoms with Gasteiger partial charge in [0.2, 0.25) is 0 Å². The zero-order valence-corrected chi connectivity index (χ0v) is 11.4. The third kappa shape index (κ3) is 2.46. The molecule has 0 aromatic heterocycles. The molecule has 2 nitrogen and oxygen atoms in total. The van der Waals surface area contributed by atoms with Crippen LogP contribution in [0.15, 0.2) is 36.4 Å². The van der Waals surface area contributed by atoms with E-state index in [2.05, 4.69) is 11.8 Å². The Bertz CT molecular complexity index is 698. The van der Waals surface area contributed by atoms with E-state index in [9.17, 15) is 0 Å². The summed E-state index contributed by atoms with van der Waals surface area (Å²) in [4.78, 5) is 0. The molecule has 0 saturated carbocycles. The molecular formula is C18H14O2. The first-order chi connectivity index (χ1) is 9.73. The Balaban J connectivity index is 2.60. The van der Waals surface area contributed by atoms with Gasteiger partial charge in [-0.3, -0.25) is 0 Å². The van der Waals surface area contributed by atoms with Crippen molar-refractivity contribution in [3.05, 3.63) is 47.5 Å². The van der Waals surface area contributed by atoms with Crippen molar-refractivity contribution in [2.75, 3.05) is 14.2 Å². The number of benzene rings is 2. The molecule has 0 N–H and O–H groups in total. The summed E-state index contributed by atoms with van der Waals surface area (Å²) in [5.41, 5.74) is 3.39. The Morgan fingerprint density at radius 3 is 2.00 bits per heavy atom. The van der Waals surface area contributed by atoms with E-state index in [0.29, 0.717) is 17.1 Å². The Morgan fingerprint density at radius 1 is 0.850 bits per heavy atom. The van der Waals surface area contributed by atoms with Gasteiger partial charge in [0.1, 0.15) is 11.5 Å². The summed E-state index contributed by atoms with van der Waals surface area (Å²) in [6.45, 7) is 0. The molecule has 0 spiro atoms. The van der Waals surface area contributed by atoms with Crippen LogP contribution in [0.3, 0.4) is 0 Å². The van der Waals surface area contributed by atoms with E-state index in [4.69, 9.17) is 22.3 Å². The monoisotopic (exact) mass is 262 g/mol. The van der Waals surface area contributed by atoms with Crippen LogP contribution in [0.5, 0.6) is 11.5 Å². The van der Waals surface area contributed by atoms with Crippen molar-refractivity contribution in [3.63, 3.8) is 0 Å². The van der Waals surface area contributed by atoms with Crippen LogP contribution in [0.25, 0.3) is 11.1 Å². The van der Waals surface area contributed by atoms with Crippen molar-refractivity contribution in [2.24, 2.45) is 0 Å². The molecule has 2 aromatic carbocycles. The van der Waals surface area contributed by atoms with Crippen LogP contribution in [0.1, 0.15) is 11.1 Å². The fraction of sp³-hybridized carbons (Fsp3) is 0.111. The summed E-state index contributed by atoms with van der Waals surface area (Å²) in [7, 11) is 3.20. The average molecular weight is 262 g/mol. The van der Waals surface area contributed by atoms with Crippen LogP contribution in [-0.2, 0) is 0 Å². The summed E-state index contributed by atoms with van der Waals surface area (Å²) in [5.74, 6) is 6.52. The highest BCUT2D eigenvalue weighted by Crippen LogP contribution is 2.35. The van der Waals surface area contributed by atoms with Crippen LogP contribution in [0.4, 0.5) is 0 Å². The molecule has 2 rings (SSSR count). The molecule has 0 atom stereocenters. The van der Waals surface area contributed by atoms with Crippen LogP contribution >= 0.6 is 0 Å². The quantitative estimate of drug-likeness (QED) is 0.790. The molecule has 0 amide bonds. The molecule has 0 aliphatic rings. The van der Waals surface area contributed by atoms with E-state index in [-0.39, 0.29) is 0 Å². The zero-order chi connectivity index (χ0) is 14.5. The third-order valence-corrected chi connectivity index (χ3v) is 3.04. The highest BCUT2D eigenvalue weighted by molar-refractivity contribution is 5.74. The second kappa shape index (κ2) is 5.87. The lowest BCUT2D eigenvalue weighted by atomic mass is 10.0. The van der Waals surface area contributed by atoms with Gasteiger partial charge < -0.3 is 9.47 Å². The maximum absolute atomic E-state index is 5.47. The Kier molecular flexibility index (Phi) is 3.99. The van der Waals surface area contributed by atoms with E-state index in [1.807, 2.05) is 30.3 Å². The number of ether oxygens (including phenoxy) is 2. The van der Waals surface area contributed by atoms with Crippen LogP contribution in [-0.4, -0.2) is 14.2 Å². The van der Waals surface area contributed by atoms with Crippen molar-refractivity contribution in [3.8, 4) is 47.3 Å². The second-order valence-electron chi connectivity index (χ2n) is 4.12. The summed E-state index contributed by atoms with van der Waals surface area (Å²) in [6, 6.07) is 11.3. The molecule has 0 fully saturated rings. The summed E-state index contributed by atoms with van der Waals surface area (Å²) < 4.78 is 10.7. The lowest BCUT2D eigenvalue weighted by Gasteiger charge is -2.12. The smallest absolute Gasteiger partial charge is 0.135 e. The lowest BCUT2D eigenvalue weighted by molar-refractivity contribution is 0.403. The van der Waals surface area contributed by atoms with Crippen molar-refractivity contribution in [1.29, 1.82) is 0 Å². The van der Waals surface area contributed by atoms with Gasteiger partial charge >= 0.3 is 0 Å². The minimum Gasteiger partial charge on any atom is -0.496 e. The molecule has 2 heteroatoms. The maximum atomic E-state index is 5.47. The fourth-order valence-corrected chi connectivity index (χ4v) is 1.98. The van der Waals surface area contributed by atoms with Gasteiger partial charge in [-0.2, -0.15) is 0 Å². The molecule has 0 aliphatic carbocycles. The minimum absolute atomic E-state index is 0.643. The molecule has 0 unspecified atom stereocenters. The number of hydrogen-bond donors (Lipinski definition) is 0. The molecule has 98 valence electrons. The van der Waals surface area contributed by atoms with Crippen molar-refractivity contribution >= 4 is 0 Å². The number of terminal acetylenes is 2. The normalized spacial score (nSPS) is 9.40. The molecule has 2 aromatic rings. The van der Waals surface area contributed by atoms with Gasteiger partial charge in [0.25, 0.3) is 0 Å². The first-order valence-electron chi connectivity index (χ1n) is 6.03. The molecule has 0 saturated heterocycles. The van der Waals surface area contributed by atoms with Gasteiger partial charge in [-0.15, -0.1) is 12.8 Å². The summed E-state index contributed by atoms with van der Waals surface area (Å²) >= 11 is 0. The van der Waals surface area contributed by atoms with E-state index in [1.165, 1.54) is 0 Å². The predicted molar refractivity (Wildman–Crippen MR) is 80.9 cm³/mol. The first kappa shape index (κ1) is 13.6. The Morgan fingerprint density at radius 2 is 1.50 bits per heavy atom. The van der Waals surface area contributed by atoms with E-state index in [0.717, 1.165) is 16.7 Å². The highest BCUT2D eigenvalue weighted by Gasteiger charge is 2.11. The standard InChI is InChI=1S/C18H14O2/c1-5-13-7-9-15(10-8-13)16-12-17(19-3)14(6-2)11-18(16)20-4/h1-2,7-12H,3-4H3. The van der Waals surface area contributed by atoms with Crippen molar-refractivity contribution in [2.45, 2.75) is 0 Å². The minimum atomic E-state index is 0.643.